The Hall–Kier alpha value is -2.14. The molecule has 1 heterocycles. The number of halogens is 1. The predicted octanol–water partition coefficient (Wildman–Crippen LogP) is 3.20. The summed E-state index contributed by atoms with van der Waals surface area (Å²) in [4.78, 5) is 20.3. The molecule has 1 aromatic carbocycles. The molecule has 0 radical (unpaired) electrons. The van der Waals surface area contributed by atoms with Crippen molar-refractivity contribution in [3.63, 3.8) is 0 Å². The number of nitrogens with one attached hydrogen (secondary N) is 2. The molecule has 2 aromatic rings. The van der Waals surface area contributed by atoms with E-state index in [4.69, 9.17) is 11.6 Å². The molecule has 104 valence electrons. The van der Waals surface area contributed by atoms with Gasteiger partial charge in [-0.15, -0.1) is 0 Å². The molecule has 1 aromatic heterocycles. The number of carbonyl (C=O) groups is 1. The van der Waals surface area contributed by atoms with E-state index in [1.807, 2.05) is 0 Å². The lowest BCUT2D eigenvalue weighted by Crippen LogP contribution is -2.15. The second-order valence-electron chi connectivity index (χ2n) is 4.18. The fraction of sp³-hybridized carbons (Fsp3) is 0.214. The minimum Gasteiger partial charge on any atom is -0.369 e. The Balaban J connectivity index is 2.09. The van der Waals surface area contributed by atoms with Crippen LogP contribution in [0.2, 0.25) is 5.02 Å². The zero-order valence-electron chi connectivity index (χ0n) is 11.1. The minimum atomic E-state index is -0.320. The molecule has 0 unspecified atom stereocenters. The van der Waals surface area contributed by atoms with E-state index < -0.39 is 0 Å². The quantitative estimate of drug-likeness (QED) is 0.887. The van der Waals surface area contributed by atoms with Crippen LogP contribution in [-0.4, -0.2) is 22.4 Å². The van der Waals surface area contributed by atoms with Gasteiger partial charge in [-0.1, -0.05) is 24.6 Å². The van der Waals surface area contributed by atoms with Gasteiger partial charge < -0.3 is 10.6 Å². The van der Waals surface area contributed by atoms with Crippen LogP contribution < -0.4 is 10.6 Å². The van der Waals surface area contributed by atoms with Gasteiger partial charge in [0.2, 0.25) is 0 Å². The van der Waals surface area contributed by atoms with E-state index in [0.717, 1.165) is 13.0 Å². The number of rotatable bonds is 5. The average Bonchev–Trinajstić information content (AvgIpc) is 2.45. The van der Waals surface area contributed by atoms with E-state index in [-0.39, 0.29) is 11.6 Å². The third-order valence-electron chi connectivity index (χ3n) is 2.51. The van der Waals surface area contributed by atoms with Gasteiger partial charge in [-0.3, -0.25) is 9.78 Å². The highest BCUT2D eigenvalue weighted by Crippen LogP contribution is 2.15. The molecule has 0 saturated heterocycles. The van der Waals surface area contributed by atoms with Crippen LogP contribution >= 0.6 is 11.6 Å². The lowest BCUT2D eigenvalue weighted by atomic mass is 10.3. The molecule has 0 aliphatic rings. The lowest BCUT2D eigenvalue weighted by Gasteiger charge is -2.07. The normalized spacial score (nSPS) is 10.1. The van der Waals surface area contributed by atoms with Crippen LogP contribution in [0.3, 0.4) is 0 Å². The maximum atomic E-state index is 12.1. The first kappa shape index (κ1) is 14.3. The van der Waals surface area contributed by atoms with Gasteiger partial charge in [0.1, 0.15) is 11.5 Å². The minimum absolute atomic E-state index is 0.256. The van der Waals surface area contributed by atoms with Gasteiger partial charge >= 0.3 is 0 Å². The summed E-state index contributed by atoms with van der Waals surface area (Å²) in [5, 5.41) is 6.38. The third kappa shape index (κ3) is 3.93. The van der Waals surface area contributed by atoms with Crippen molar-refractivity contribution in [3.8, 4) is 0 Å². The topological polar surface area (TPSA) is 66.9 Å². The van der Waals surface area contributed by atoms with Crippen molar-refractivity contribution < 1.29 is 4.79 Å². The highest BCUT2D eigenvalue weighted by atomic mass is 35.5. The highest BCUT2D eigenvalue weighted by molar-refractivity contribution is 6.30. The van der Waals surface area contributed by atoms with Crippen molar-refractivity contribution in [2.45, 2.75) is 13.3 Å². The standard InChI is InChI=1S/C14H15ClN4O/c1-2-6-17-13-9-16-8-12(19-13)14(20)18-11-5-3-4-10(15)7-11/h3-5,7-9H,2,6H2,1H3,(H,17,19)(H,18,20). The molecule has 0 bridgehead atoms. The molecule has 0 spiro atoms. The fourth-order valence-corrected chi connectivity index (χ4v) is 1.77. The molecule has 20 heavy (non-hydrogen) atoms. The predicted molar refractivity (Wildman–Crippen MR) is 80.2 cm³/mol. The van der Waals surface area contributed by atoms with E-state index in [1.165, 1.54) is 6.20 Å². The van der Waals surface area contributed by atoms with E-state index in [2.05, 4.69) is 27.5 Å². The number of carbonyl (C=O) groups excluding carboxylic acids is 1. The highest BCUT2D eigenvalue weighted by Gasteiger charge is 2.09. The van der Waals surface area contributed by atoms with Crippen LogP contribution in [0, 0.1) is 0 Å². The lowest BCUT2D eigenvalue weighted by molar-refractivity contribution is 0.102. The molecule has 0 aliphatic heterocycles. The zero-order valence-corrected chi connectivity index (χ0v) is 11.8. The van der Waals surface area contributed by atoms with Crippen molar-refractivity contribution in [1.29, 1.82) is 0 Å². The summed E-state index contributed by atoms with van der Waals surface area (Å²) in [5.41, 5.74) is 0.877. The van der Waals surface area contributed by atoms with E-state index >= 15 is 0 Å². The molecule has 2 N–H and O–H groups in total. The van der Waals surface area contributed by atoms with Gasteiger partial charge in [0.05, 0.1) is 12.4 Å². The Morgan fingerprint density at radius 2 is 2.20 bits per heavy atom. The molecule has 6 heteroatoms. The maximum Gasteiger partial charge on any atom is 0.275 e. The van der Waals surface area contributed by atoms with Crippen molar-refractivity contribution in [2.24, 2.45) is 0 Å². The first-order valence-electron chi connectivity index (χ1n) is 6.32. The largest absolute Gasteiger partial charge is 0.369 e. The number of aromatic nitrogens is 2. The summed E-state index contributed by atoms with van der Waals surface area (Å²) >= 11 is 5.87. The summed E-state index contributed by atoms with van der Waals surface area (Å²) < 4.78 is 0. The second-order valence-corrected chi connectivity index (χ2v) is 4.62. The molecule has 0 fully saturated rings. The van der Waals surface area contributed by atoms with E-state index in [0.29, 0.717) is 16.5 Å². The Kier molecular flexibility index (Phi) is 4.90. The Morgan fingerprint density at radius 1 is 1.35 bits per heavy atom. The summed E-state index contributed by atoms with van der Waals surface area (Å²) in [6.45, 7) is 2.84. The number of anilines is 2. The van der Waals surface area contributed by atoms with Gasteiger partial charge in [0.15, 0.2) is 0 Å². The van der Waals surface area contributed by atoms with Gasteiger partial charge in [-0.2, -0.15) is 0 Å². The van der Waals surface area contributed by atoms with Crippen molar-refractivity contribution in [1.82, 2.24) is 9.97 Å². The molecule has 0 aliphatic carbocycles. The molecule has 1 amide bonds. The smallest absolute Gasteiger partial charge is 0.275 e. The summed E-state index contributed by atoms with van der Waals surface area (Å²) in [7, 11) is 0. The van der Waals surface area contributed by atoms with Gasteiger partial charge in [0, 0.05) is 17.3 Å². The number of hydrogen-bond donors (Lipinski definition) is 2. The Labute approximate surface area is 122 Å². The van der Waals surface area contributed by atoms with Gasteiger partial charge in [-0.25, -0.2) is 4.98 Å². The molecule has 5 nitrogen and oxygen atoms in total. The first-order chi connectivity index (χ1) is 9.69. The summed E-state index contributed by atoms with van der Waals surface area (Å²) in [6, 6.07) is 6.94. The molecule has 2 rings (SSSR count). The Bertz CT molecular complexity index is 603. The van der Waals surface area contributed by atoms with E-state index in [9.17, 15) is 4.79 Å². The van der Waals surface area contributed by atoms with Gasteiger partial charge in [-0.05, 0) is 24.6 Å². The number of benzene rings is 1. The van der Waals surface area contributed by atoms with Crippen LogP contribution in [0.15, 0.2) is 36.7 Å². The molecule has 0 saturated carbocycles. The van der Waals surface area contributed by atoms with Crippen LogP contribution in [0.4, 0.5) is 11.5 Å². The van der Waals surface area contributed by atoms with Crippen molar-refractivity contribution in [3.05, 3.63) is 47.4 Å². The average molecular weight is 291 g/mol. The second kappa shape index (κ2) is 6.86. The fourth-order valence-electron chi connectivity index (χ4n) is 1.57. The first-order valence-corrected chi connectivity index (χ1v) is 6.69. The van der Waals surface area contributed by atoms with Crippen molar-refractivity contribution in [2.75, 3.05) is 17.2 Å². The number of nitrogens with zero attached hydrogens (tertiary/aromatic N) is 2. The van der Waals surface area contributed by atoms with Crippen LogP contribution in [0.1, 0.15) is 23.8 Å². The summed E-state index contributed by atoms with van der Waals surface area (Å²) in [6.07, 6.45) is 3.99. The van der Waals surface area contributed by atoms with Gasteiger partial charge in [0.25, 0.3) is 5.91 Å². The number of amides is 1. The molecular formula is C14H15ClN4O. The van der Waals surface area contributed by atoms with Crippen molar-refractivity contribution >= 4 is 29.0 Å². The monoisotopic (exact) mass is 290 g/mol. The SMILES string of the molecule is CCCNc1cncc(C(=O)Nc2cccc(Cl)c2)n1. The molecular weight excluding hydrogens is 276 g/mol. The maximum absolute atomic E-state index is 12.1. The third-order valence-corrected chi connectivity index (χ3v) is 2.74. The molecule has 0 atom stereocenters. The van der Waals surface area contributed by atoms with Crippen LogP contribution in [0.5, 0.6) is 0 Å². The zero-order chi connectivity index (χ0) is 14.4. The van der Waals surface area contributed by atoms with E-state index in [1.54, 1.807) is 30.5 Å². The van der Waals surface area contributed by atoms with Crippen LogP contribution in [0.25, 0.3) is 0 Å². The summed E-state index contributed by atoms with van der Waals surface area (Å²) in [5.74, 6) is 0.269. The number of hydrogen-bond acceptors (Lipinski definition) is 4. The Morgan fingerprint density at radius 3 is 2.95 bits per heavy atom. The van der Waals surface area contributed by atoms with Crippen LogP contribution in [-0.2, 0) is 0 Å².